The number of carbonyl (C=O) groups excluding carboxylic acids is 1. The van der Waals surface area contributed by atoms with Crippen molar-refractivity contribution in [1.29, 1.82) is 0 Å². The van der Waals surface area contributed by atoms with Crippen LogP contribution in [0.5, 0.6) is 0 Å². The van der Waals surface area contributed by atoms with Crippen LogP contribution in [0.3, 0.4) is 0 Å². The first-order chi connectivity index (χ1) is 6.82. The summed E-state index contributed by atoms with van der Waals surface area (Å²) >= 11 is 0. The Morgan fingerprint density at radius 3 is 2.33 bits per heavy atom. The van der Waals surface area contributed by atoms with Gasteiger partial charge in [-0.1, -0.05) is 25.9 Å². The molecule has 2 rings (SSSR count). The molecule has 0 aliphatic heterocycles. The SMILES string of the molecule is CC1(C)[C@@]2(C(=O)[O-])CC[C@@]1(C)C(=NO)C2. The molecule has 2 saturated carbocycles. The Kier molecular flexibility index (Phi) is 1.77. The number of oxime groups is 1. The predicted molar refractivity (Wildman–Crippen MR) is 52.4 cm³/mol. The van der Waals surface area contributed by atoms with E-state index < -0.39 is 16.8 Å². The van der Waals surface area contributed by atoms with Crippen LogP contribution in [0, 0.1) is 16.2 Å². The van der Waals surface area contributed by atoms with Crippen molar-refractivity contribution in [3.63, 3.8) is 0 Å². The number of carboxylic acids is 1. The molecule has 0 saturated heterocycles. The molecule has 2 aliphatic carbocycles. The van der Waals surface area contributed by atoms with Gasteiger partial charge >= 0.3 is 0 Å². The van der Waals surface area contributed by atoms with E-state index in [0.717, 1.165) is 6.42 Å². The zero-order chi connectivity index (χ0) is 11.5. The fraction of sp³-hybridized carbons (Fsp3) is 0.818. The second-order valence-corrected chi connectivity index (χ2v) is 5.55. The van der Waals surface area contributed by atoms with Crippen molar-refractivity contribution in [3.8, 4) is 0 Å². The fourth-order valence-electron chi connectivity index (χ4n) is 3.49. The summed E-state index contributed by atoms with van der Waals surface area (Å²) in [5, 5.41) is 23.6. The van der Waals surface area contributed by atoms with Crippen molar-refractivity contribution in [2.45, 2.75) is 40.0 Å². The minimum Gasteiger partial charge on any atom is -0.550 e. The average molecular weight is 210 g/mol. The van der Waals surface area contributed by atoms with Crippen LogP contribution in [0.25, 0.3) is 0 Å². The summed E-state index contributed by atoms with van der Waals surface area (Å²) in [6.45, 7) is 5.86. The molecule has 0 aromatic heterocycles. The lowest BCUT2D eigenvalue weighted by molar-refractivity contribution is -0.323. The van der Waals surface area contributed by atoms with E-state index in [1.165, 1.54) is 0 Å². The van der Waals surface area contributed by atoms with Gasteiger partial charge in [0, 0.05) is 23.2 Å². The summed E-state index contributed by atoms with van der Waals surface area (Å²) in [5.74, 6) is -1.00. The normalized spacial score (nSPS) is 44.9. The van der Waals surface area contributed by atoms with Crippen LogP contribution in [0.15, 0.2) is 5.16 Å². The molecule has 2 bridgehead atoms. The number of rotatable bonds is 1. The predicted octanol–water partition coefficient (Wildman–Crippen LogP) is 0.783. The van der Waals surface area contributed by atoms with Gasteiger partial charge in [0.2, 0.25) is 0 Å². The highest BCUT2D eigenvalue weighted by Crippen LogP contribution is 2.70. The van der Waals surface area contributed by atoms with Crippen molar-refractivity contribution < 1.29 is 15.1 Å². The third kappa shape index (κ3) is 0.840. The van der Waals surface area contributed by atoms with E-state index in [-0.39, 0.29) is 5.41 Å². The maximum atomic E-state index is 11.4. The lowest BCUT2D eigenvalue weighted by atomic mass is 9.65. The van der Waals surface area contributed by atoms with Gasteiger partial charge < -0.3 is 15.1 Å². The topological polar surface area (TPSA) is 72.7 Å². The molecule has 15 heavy (non-hydrogen) atoms. The first-order valence-electron chi connectivity index (χ1n) is 5.25. The highest BCUT2D eigenvalue weighted by molar-refractivity contribution is 6.00. The first-order valence-corrected chi connectivity index (χ1v) is 5.25. The van der Waals surface area contributed by atoms with Gasteiger partial charge in [0.15, 0.2) is 0 Å². The second kappa shape index (κ2) is 2.54. The minimum absolute atomic E-state index is 0.304. The molecule has 0 unspecified atom stereocenters. The largest absolute Gasteiger partial charge is 0.550 e. The van der Waals surface area contributed by atoms with Gasteiger partial charge in [0.25, 0.3) is 0 Å². The van der Waals surface area contributed by atoms with E-state index in [2.05, 4.69) is 5.16 Å². The molecule has 0 radical (unpaired) electrons. The first kappa shape index (κ1) is 10.5. The summed E-state index contributed by atoms with van der Waals surface area (Å²) < 4.78 is 0. The van der Waals surface area contributed by atoms with E-state index in [0.29, 0.717) is 18.6 Å². The summed E-state index contributed by atoms with van der Waals surface area (Å²) in [7, 11) is 0. The highest BCUT2D eigenvalue weighted by Gasteiger charge is 2.69. The van der Waals surface area contributed by atoms with E-state index in [1.54, 1.807) is 0 Å². The van der Waals surface area contributed by atoms with E-state index >= 15 is 0 Å². The molecule has 0 spiro atoms. The van der Waals surface area contributed by atoms with Crippen molar-refractivity contribution in [1.82, 2.24) is 0 Å². The summed E-state index contributed by atoms with van der Waals surface area (Å²) in [6, 6.07) is 0. The smallest absolute Gasteiger partial charge is 0.0644 e. The number of aliphatic carboxylic acids is 1. The van der Waals surface area contributed by atoms with Crippen molar-refractivity contribution in [2.24, 2.45) is 21.4 Å². The van der Waals surface area contributed by atoms with Crippen molar-refractivity contribution >= 4 is 11.7 Å². The van der Waals surface area contributed by atoms with Crippen LogP contribution in [-0.4, -0.2) is 16.9 Å². The molecule has 1 N–H and O–H groups in total. The molecule has 0 heterocycles. The second-order valence-electron chi connectivity index (χ2n) is 5.55. The van der Waals surface area contributed by atoms with Gasteiger partial charge in [-0.05, 0) is 18.3 Å². The molecule has 0 aromatic rings. The molecule has 4 heteroatoms. The fourth-order valence-corrected chi connectivity index (χ4v) is 3.49. The molecule has 84 valence electrons. The zero-order valence-corrected chi connectivity index (χ0v) is 9.33. The maximum absolute atomic E-state index is 11.4. The van der Waals surface area contributed by atoms with E-state index in [9.17, 15) is 9.90 Å². The van der Waals surface area contributed by atoms with Crippen molar-refractivity contribution in [3.05, 3.63) is 0 Å². The van der Waals surface area contributed by atoms with Gasteiger partial charge in [-0.15, -0.1) is 0 Å². The Hall–Kier alpha value is -1.06. The number of fused-ring (bicyclic) bond motifs is 2. The zero-order valence-electron chi connectivity index (χ0n) is 9.33. The van der Waals surface area contributed by atoms with Crippen LogP contribution in [0.1, 0.15) is 40.0 Å². The number of hydrogen-bond donors (Lipinski definition) is 1. The molecule has 0 aromatic carbocycles. The monoisotopic (exact) mass is 210 g/mol. The third-order valence-corrected chi connectivity index (χ3v) is 5.25. The molecular weight excluding hydrogens is 194 g/mol. The number of hydrogen-bond acceptors (Lipinski definition) is 4. The standard InChI is InChI=1S/C11H17NO3/c1-9(2)10(3)4-5-11(9,8(13)14)6-7(10)12-15/h15H,4-6H2,1-3H3,(H,13,14)/p-1/t10-,11-/m0/s1. The number of carbonyl (C=O) groups is 1. The Bertz CT molecular complexity index is 361. The third-order valence-electron chi connectivity index (χ3n) is 5.25. The number of carboxylic acid groups (broad SMARTS) is 1. The average Bonchev–Trinajstić information content (AvgIpc) is 2.46. The van der Waals surface area contributed by atoms with E-state index in [1.807, 2.05) is 20.8 Å². The molecule has 2 fully saturated rings. The van der Waals surface area contributed by atoms with Crippen LogP contribution in [0.4, 0.5) is 0 Å². The van der Waals surface area contributed by atoms with Gasteiger partial charge in [-0.25, -0.2) is 0 Å². The van der Waals surface area contributed by atoms with Crippen LogP contribution < -0.4 is 5.11 Å². The quantitative estimate of drug-likeness (QED) is 0.513. The van der Waals surface area contributed by atoms with E-state index in [4.69, 9.17) is 5.21 Å². The Balaban J connectivity index is 2.61. The van der Waals surface area contributed by atoms with Gasteiger partial charge in [-0.2, -0.15) is 0 Å². The maximum Gasteiger partial charge on any atom is 0.0644 e. The number of nitrogens with zero attached hydrogens (tertiary/aromatic N) is 1. The molecule has 2 atom stereocenters. The van der Waals surface area contributed by atoms with Crippen LogP contribution in [0.2, 0.25) is 0 Å². The molecular formula is C11H16NO3-. The van der Waals surface area contributed by atoms with Crippen LogP contribution in [-0.2, 0) is 4.79 Å². The van der Waals surface area contributed by atoms with Gasteiger partial charge in [0.1, 0.15) is 0 Å². The van der Waals surface area contributed by atoms with Crippen molar-refractivity contribution in [2.75, 3.05) is 0 Å². The molecule has 4 nitrogen and oxygen atoms in total. The molecule has 2 aliphatic rings. The lowest BCUT2D eigenvalue weighted by Crippen LogP contribution is -2.47. The molecule has 0 amide bonds. The highest BCUT2D eigenvalue weighted by atomic mass is 16.4. The minimum atomic E-state index is -1.00. The summed E-state index contributed by atoms with van der Waals surface area (Å²) in [6.07, 6.45) is 1.71. The Morgan fingerprint density at radius 2 is 2.00 bits per heavy atom. The summed E-state index contributed by atoms with van der Waals surface area (Å²) in [4.78, 5) is 11.4. The van der Waals surface area contributed by atoms with Gasteiger partial charge in [0.05, 0.1) is 5.71 Å². The summed E-state index contributed by atoms with van der Waals surface area (Å²) in [5.41, 5.74) is -0.936. The Morgan fingerprint density at radius 1 is 1.40 bits per heavy atom. The lowest BCUT2D eigenvalue weighted by Gasteiger charge is -2.40. The van der Waals surface area contributed by atoms with Gasteiger partial charge in [-0.3, -0.25) is 0 Å². The Labute approximate surface area is 89.0 Å². The van der Waals surface area contributed by atoms with Crippen LogP contribution >= 0.6 is 0 Å².